The molecule has 0 bridgehead atoms. The number of likely N-dealkylation sites (tertiary alicyclic amines) is 1. The fourth-order valence-corrected chi connectivity index (χ4v) is 3.82. The molecule has 6 heteroatoms. The van der Waals surface area contributed by atoms with Crippen LogP contribution in [0.4, 0.5) is 0 Å². The number of nitrogens with zero attached hydrogens (tertiary/aromatic N) is 2. The lowest BCUT2D eigenvalue weighted by Crippen LogP contribution is -2.29. The molecule has 0 radical (unpaired) electrons. The van der Waals surface area contributed by atoms with Gasteiger partial charge in [0.05, 0.1) is 0 Å². The van der Waals surface area contributed by atoms with E-state index in [1.54, 1.807) is 0 Å². The van der Waals surface area contributed by atoms with E-state index >= 15 is 0 Å². The molecule has 1 aromatic heterocycles. The number of nitrogens with one attached hydrogen (secondary N) is 1. The summed E-state index contributed by atoms with van der Waals surface area (Å²) in [5, 5.41) is 0.749. The van der Waals surface area contributed by atoms with Crippen molar-refractivity contribution in [1.82, 2.24) is 14.9 Å². The zero-order valence-corrected chi connectivity index (χ0v) is 16.0. The largest absolute Gasteiger partial charge is 0.345 e. The van der Waals surface area contributed by atoms with Gasteiger partial charge in [0, 0.05) is 35.9 Å². The van der Waals surface area contributed by atoms with Gasteiger partial charge in [-0.1, -0.05) is 23.7 Å². The molecule has 1 saturated heterocycles. The Balaban J connectivity index is 1.53. The molecule has 1 fully saturated rings. The van der Waals surface area contributed by atoms with Gasteiger partial charge in [0.2, 0.25) is 5.91 Å². The van der Waals surface area contributed by atoms with Crippen LogP contribution in [0.2, 0.25) is 5.02 Å². The predicted octanol–water partition coefficient (Wildman–Crippen LogP) is 3.06. The van der Waals surface area contributed by atoms with Gasteiger partial charge in [0.1, 0.15) is 0 Å². The molecule has 2 aromatic rings. The second kappa shape index (κ2) is 8.04. The summed E-state index contributed by atoms with van der Waals surface area (Å²) in [5.41, 5.74) is 3.41. The van der Waals surface area contributed by atoms with Gasteiger partial charge in [0.25, 0.3) is 0 Å². The van der Waals surface area contributed by atoms with Crippen LogP contribution in [0.25, 0.3) is 0 Å². The average molecular weight is 374 g/mol. The van der Waals surface area contributed by atoms with E-state index in [2.05, 4.69) is 22.1 Å². The lowest BCUT2D eigenvalue weighted by molar-refractivity contribution is -0.130. The average Bonchev–Trinajstić information content (AvgIpc) is 3.04. The van der Waals surface area contributed by atoms with E-state index in [0.717, 1.165) is 42.2 Å². The third kappa shape index (κ3) is 4.52. The van der Waals surface area contributed by atoms with Crippen LogP contribution in [0.3, 0.4) is 0 Å². The number of benzene rings is 1. The number of halogens is 1. The number of aromatic nitrogens is 2. The summed E-state index contributed by atoms with van der Waals surface area (Å²) in [5.74, 6) is 0.673. The first-order chi connectivity index (χ1) is 12.4. The van der Waals surface area contributed by atoms with Crippen molar-refractivity contribution in [3.63, 3.8) is 0 Å². The van der Waals surface area contributed by atoms with Crippen molar-refractivity contribution in [1.29, 1.82) is 0 Å². The van der Waals surface area contributed by atoms with Gasteiger partial charge in [-0.15, -0.1) is 0 Å². The SMILES string of the molecule is Cc1nc(=O)[nH]c(C)c1CCC(=O)N1CCC(Cc2ccc(Cl)cc2)C1. The highest BCUT2D eigenvalue weighted by Crippen LogP contribution is 2.23. The van der Waals surface area contributed by atoms with Crippen LogP contribution >= 0.6 is 11.6 Å². The second-order valence-electron chi connectivity index (χ2n) is 7.06. The summed E-state index contributed by atoms with van der Waals surface area (Å²) in [6.45, 7) is 5.30. The first-order valence-corrected chi connectivity index (χ1v) is 9.39. The van der Waals surface area contributed by atoms with E-state index in [9.17, 15) is 9.59 Å². The molecule has 0 aliphatic carbocycles. The molecule has 0 spiro atoms. The van der Waals surface area contributed by atoms with Gasteiger partial charge in [-0.3, -0.25) is 4.79 Å². The molecule has 1 aromatic carbocycles. The lowest BCUT2D eigenvalue weighted by atomic mass is 9.99. The maximum atomic E-state index is 12.6. The summed E-state index contributed by atoms with van der Waals surface area (Å²) in [4.78, 5) is 32.5. The number of hydrogen-bond acceptors (Lipinski definition) is 3. The van der Waals surface area contributed by atoms with Gasteiger partial charge < -0.3 is 9.88 Å². The van der Waals surface area contributed by atoms with Gasteiger partial charge in [-0.25, -0.2) is 4.79 Å². The normalized spacial score (nSPS) is 16.9. The molecule has 2 heterocycles. The highest BCUT2D eigenvalue weighted by molar-refractivity contribution is 6.30. The smallest absolute Gasteiger partial charge is 0.342 e. The molecule has 0 saturated carbocycles. The topological polar surface area (TPSA) is 66.1 Å². The molecule has 1 atom stereocenters. The highest BCUT2D eigenvalue weighted by Gasteiger charge is 2.26. The summed E-state index contributed by atoms with van der Waals surface area (Å²) >= 11 is 5.93. The standard InChI is InChI=1S/C20H24ClN3O2/c1-13-18(14(2)23-20(26)22-13)7-8-19(25)24-10-9-16(12-24)11-15-3-5-17(21)6-4-15/h3-6,16H,7-12H2,1-2H3,(H,22,23,26). The fraction of sp³-hybridized carbons (Fsp3) is 0.450. The van der Waals surface area contributed by atoms with Crippen LogP contribution in [-0.4, -0.2) is 33.9 Å². The molecular formula is C20H24ClN3O2. The first kappa shape index (κ1) is 18.6. The van der Waals surface area contributed by atoms with E-state index in [4.69, 9.17) is 11.6 Å². The third-order valence-electron chi connectivity index (χ3n) is 5.12. The quantitative estimate of drug-likeness (QED) is 0.875. The van der Waals surface area contributed by atoms with E-state index in [0.29, 0.717) is 24.5 Å². The number of hydrogen-bond donors (Lipinski definition) is 1. The number of carbonyl (C=O) groups excluding carboxylic acids is 1. The van der Waals surface area contributed by atoms with Crippen molar-refractivity contribution in [2.45, 2.75) is 39.5 Å². The van der Waals surface area contributed by atoms with Crippen molar-refractivity contribution in [3.8, 4) is 0 Å². The Hall–Kier alpha value is -2.14. The van der Waals surface area contributed by atoms with Crippen molar-refractivity contribution >= 4 is 17.5 Å². The lowest BCUT2D eigenvalue weighted by Gasteiger charge is -2.17. The predicted molar refractivity (Wildman–Crippen MR) is 102 cm³/mol. The summed E-state index contributed by atoms with van der Waals surface area (Å²) in [6, 6.07) is 7.94. The number of amides is 1. The maximum Gasteiger partial charge on any atom is 0.345 e. The highest BCUT2D eigenvalue weighted by atomic mass is 35.5. The maximum absolute atomic E-state index is 12.6. The van der Waals surface area contributed by atoms with Crippen LogP contribution < -0.4 is 5.69 Å². The van der Waals surface area contributed by atoms with Gasteiger partial charge in [-0.2, -0.15) is 4.98 Å². The monoisotopic (exact) mass is 373 g/mol. The second-order valence-corrected chi connectivity index (χ2v) is 7.49. The number of carbonyl (C=O) groups is 1. The third-order valence-corrected chi connectivity index (χ3v) is 5.37. The number of rotatable bonds is 5. The molecule has 1 unspecified atom stereocenters. The van der Waals surface area contributed by atoms with Crippen molar-refractivity contribution < 1.29 is 4.79 Å². The molecular weight excluding hydrogens is 350 g/mol. The summed E-state index contributed by atoms with van der Waals surface area (Å²) < 4.78 is 0. The van der Waals surface area contributed by atoms with Crippen LogP contribution in [0.15, 0.2) is 29.1 Å². The van der Waals surface area contributed by atoms with Crippen molar-refractivity contribution in [2.24, 2.45) is 5.92 Å². The Kier molecular flexibility index (Phi) is 5.77. The zero-order chi connectivity index (χ0) is 18.7. The Morgan fingerprint density at radius 1 is 1.31 bits per heavy atom. The Morgan fingerprint density at radius 3 is 2.73 bits per heavy atom. The minimum Gasteiger partial charge on any atom is -0.342 e. The molecule has 1 aliphatic heterocycles. The van der Waals surface area contributed by atoms with Crippen LogP contribution in [0.5, 0.6) is 0 Å². The minimum atomic E-state index is -0.334. The molecule has 26 heavy (non-hydrogen) atoms. The Morgan fingerprint density at radius 2 is 2.04 bits per heavy atom. The molecule has 1 aliphatic rings. The summed E-state index contributed by atoms with van der Waals surface area (Å²) in [6.07, 6.45) is 3.07. The molecule has 5 nitrogen and oxygen atoms in total. The number of aromatic amines is 1. The van der Waals surface area contributed by atoms with E-state index in [-0.39, 0.29) is 11.6 Å². The van der Waals surface area contributed by atoms with Gasteiger partial charge in [0.15, 0.2) is 0 Å². The first-order valence-electron chi connectivity index (χ1n) is 9.01. The zero-order valence-electron chi connectivity index (χ0n) is 15.2. The molecule has 1 amide bonds. The molecule has 138 valence electrons. The van der Waals surface area contributed by atoms with Crippen molar-refractivity contribution in [2.75, 3.05) is 13.1 Å². The van der Waals surface area contributed by atoms with E-state index in [1.807, 2.05) is 30.9 Å². The van der Waals surface area contributed by atoms with Crippen molar-refractivity contribution in [3.05, 3.63) is 62.3 Å². The van der Waals surface area contributed by atoms with Crippen LogP contribution in [0.1, 0.15) is 35.4 Å². The minimum absolute atomic E-state index is 0.175. The van der Waals surface area contributed by atoms with Gasteiger partial charge in [-0.05, 0) is 62.3 Å². The van der Waals surface area contributed by atoms with E-state index in [1.165, 1.54) is 5.56 Å². The number of H-pyrrole nitrogens is 1. The Labute approximate surface area is 158 Å². The number of aryl methyl sites for hydroxylation is 2. The van der Waals surface area contributed by atoms with Crippen LogP contribution in [0, 0.1) is 19.8 Å². The molecule has 3 rings (SSSR count). The van der Waals surface area contributed by atoms with E-state index < -0.39 is 0 Å². The Bertz CT molecular complexity index is 819. The fourth-order valence-electron chi connectivity index (χ4n) is 3.69. The summed E-state index contributed by atoms with van der Waals surface area (Å²) in [7, 11) is 0. The molecule has 1 N–H and O–H groups in total. The van der Waals surface area contributed by atoms with Gasteiger partial charge >= 0.3 is 5.69 Å². The van der Waals surface area contributed by atoms with Crippen LogP contribution in [-0.2, 0) is 17.6 Å².